The molecule has 1 aliphatic carbocycles. The third kappa shape index (κ3) is 4.06. The standard InChI is InChI=1S/C16H26N4O2/c1-12-17-15(22-19-12)11-20-9-7-13(8-10-20)16(21)18-14-5-3-2-4-6-14/h13-14H,2-11H2,1H3,(H,18,21). The second kappa shape index (κ2) is 7.22. The smallest absolute Gasteiger partial charge is 0.240 e. The van der Waals surface area contributed by atoms with Crippen molar-refractivity contribution in [3.63, 3.8) is 0 Å². The van der Waals surface area contributed by atoms with Crippen molar-refractivity contribution in [2.75, 3.05) is 13.1 Å². The first kappa shape index (κ1) is 15.5. The average Bonchev–Trinajstić information content (AvgIpc) is 2.94. The van der Waals surface area contributed by atoms with Crippen molar-refractivity contribution in [3.8, 4) is 0 Å². The molecule has 6 heteroatoms. The minimum atomic E-state index is 0.169. The van der Waals surface area contributed by atoms with Crippen LogP contribution in [0.15, 0.2) is 4.52 Å². The molecule has 1 N–H and O–H groups in total. The lowest BCUT2D eigenvalue weighted by Gasteiger charge is -2.32. The molecule has 6 nitrogen and oxygen atoms in total. The van der Waals surface area contributed by atoms with Gasteiger partial charge in [-0.2, -0.15) is 4.98 Å². The van der Waals surface area contributed by atoms with Crippen LogP contribution in [0.5, 0.6) is 0 Å². The van der Waals surface area contributed by atoms with E-state index >= 15 is 0 Å². The van der Waals surface area contributed by atoms with Crippen molar-refractivity contribution in [1.82, 2.24) is 20.4 Å². The number of aromatic nitrogens is 2. The van der Waals surface area contributed by atoms with Gasteiger partial charge < -0.3 is 9.84 Å². The maximum Gasteiger partial charge on any atom is 0.240 e. The van der Waals surface area contributed by atoms with Crippen LogP contribution in [0.25, 0.3) is 0 Å². The van der Waals surface area contributed by atoms with Gasteiger partial charge in [0.2, 0.25) is 11.8 Å². The fraction of sp³-hybridized carbons (Fsp3) is 0.812. The minimum absolute atomic E-state index is 0.169. The van der Waals surface area contributed by atoms with Crippen LogP contribution >= 0.6 is 0 Å². The summed E-state index contributed by atoms with van der Waals surface area (Å²) < 4.78 is 5.16. The molecule has 1 saturated carbocycles. The number of rotatable bonds is 4. The number of carbonyl (C=O) groups is 1. The summed E-state index contributed by atoms with van der Waals surface area (Å²) in [5, 5.41) is 7.07. The molecule has 2 heterocycles. The Morgan fingerprint density at radius 2 is 1.95 bits per heavy atom. The van der Waals surface area contributed by atoms with E-state index in [4.69, 9.17) is 4.52 Å². The fourth-order valence-corrected chi connectivity index (χ4v) is 3.51. The molecule has 1 saturated heterocycles. The summed E-state index contributed by atoms with van der Waals surface area (Å²) in [5.41, 5.74) is 0. The van der Waals surface area contributed by atoms with E-state index in [0.717, 1.165) is 38.8 Å². The molecule has 122 valence electrons. The van der Waals surface area contributed by atoms with E-state index in [1.54, 1.807) is 0 Å². The van der Waals surface area contributed by atoms with E-state index < -0.39 is 0 Å². The van der Waals surface area contributed by atoms with Crippen molar-refractivity contribution >= 4 is 5.91 Å². The van der Waals surface area contributed by atoms with Gasteiger partial charge in [-0.25, -0.2) is 0 Å². The number of hydrogen-bond acceptors (Lipinski definition) is 5. The second-order valence-electron chi connectivity index (χ2n) is 6.63. The Kier molecular flexibility index (Phi) is 5.08. The van der Waals surface area contributed by atoms with Crippen LogP contribution in [0.3, 0.4) is 0 Å². The van der Waals surface area contributed by atoms with E-state index in [0.29, 0.717) is 24.3 Å². The highest BCUT2D eigenvalue weighted by molar-refractivity contribution is 5.79. The Labute approximate surface area is 131 Å². The average molecular weight is 306 g/mol. The Balaban J connectivity index is 1.41. The van der Waals surface area contributed by atoms with Gasteiger partial charge in [0, 0.05) is 12.0 Å². The first-order valence-corrected chi connectivity index (χ1v) is 8.52. The Morgan fingerprint density at radius 3 is 2.59 bits per heavy atom. The quantitative estimate of drug-likeness (QED) is 0.921. The van der Waals surface area contributed by atoms with Crippen LogP contribution in [0.2, 0.25) is 0 Å². The second-order valence-corrected chi connectivity index (χ2v) is 6.63. The van der Waals surface area contributed by atoms with Gasteiger partial charge in [-0.1, -0.05) is 24.4 Å². The number of piperidine rings is 1. The normalized spacial score (nSPS) is 21.9. The summed E-state index contributed by atoms with van der Waals surface area (Å²) in [4.78, 5) is 18.9. The Morgan fingerprint density at radius 1 is 1.23 bits per heavy atom. The molecule has 22 heavy (non-hydrogen) atoms. The van der Waals surface area contributed by atoms with Crippen LogP contribution < -0.4 is 5.32 Å². The number of amides is 1. The zero-order valence-corrected chi connectivity index (χ0v) is 13.4. The van der Waals surface area contributed by atoms with Crippen LogP contribution in [-0.4, -0.2) is 40.1 Å². The molecule has 0 spiro atoms. The highest BCUT2D eigenvalue weighted by Crippen LogP contribution is 2.21. The number of hydrogen-bond donors (Lipinski definition) is 1. The highest BCUT2D eigenvalue weighted by atomic mass is 16.5. The van der Waals surface area contributed by atoms with E-state index in [1.807, 2.05) is 6.92 Å². The largest absolute Gasteiger partial charge is 0.353 e. The van der Waals surface area contributed by atoms with Crippen LogP contribution in [-0.2, 0) is 11.3 Å². The molecular weight excluding hydrogens is 280 g/mol. The summed E-state index contributed by atoms with van der Waals surface area (Å²) in [6.07, 6.45) is 7.99. The van der Waals surface area contributed by atoms with Gasteiger partial charge in [-0.3, -0.25) is 9.69 Å². The lowest BCUT2D eigenvalue weighted by atomic mass is 9.92. The van der Waals surface area contributed by atoms with Gasteiger partial charge in [0.05, 0.1) is 6.54 Å². The minimum Gasteiger partial charge on any atom is -0.353 e. The molecule has 0 atom stereocenters. The van der Waals surface area contributed by atoms with Gasteiger partial charge in [-0.05, 0) is 45.7 Å². The van der Waals surface area contributed by atoms with Gasteiger partial charge in [0.25, 0.3) is 0 Å². The Bertz CT molecular complexity index is 488. The van der Waals surface area contributed by atoms with Crippen molar-refractivity contribution in [1.29, 1.82) is 0 Å². The van der Waals surface area contributed by atoms with Crippen LogP contribution in [0.1, 0.15) is 56.7 Å². The molecule has 0 bridgehead atoms. The highest BCUT2D eigenvalue weighted by Gasteiger charge is 2.27. The fourth-order valence-electron chi connectivity index (χ4n) is 3.51. The summed E-state index contributed by atoms with van der Waals surface area (Å²) >= 11 is 0. The molecule has 2 aliphatic rings. The topological polar surface area (TPSA) is 71.3 Å². The Hall–Kier alpha value is -1.43. The van der Waals surface area contributed by atoms with Crippen molar-refractivity contribution in [3.05, 3.63) is 11.7 Å². The first-order chi connectivity index (χ1) is 10.7. The summed E-state index contributed by atoms with van der Waals surface area (Å²) in [6.45, 7) is 4.36. The van der Waals surface area contributed by atoms with Crippen molar-refractivity contribution in [2.24, 2.45) is 5.92 Å². The molecule has 1 aromatic rings. The van der Waals surface area contributed by atoms with E-state index in [9.17, 15) is 4.79 Å². The molecule has 1 aromatic heterocycles. The third-order valence-electron chi connectivity index (χ3n) is 4.84. The van der Waals surface area contributed by atoms with Gasteiger partial charge in [0.1, 0.15) is 0 Å². The predicted molar refractivity (Wildman–Crippen MR) is 82.1 cm³/mol. The summed E-state index contributed by atoms with van der Waals surface area (Å²) in [5.74, 6) is 1.78. The lowest BCUT2D eigenvalue weighted by Crippen LogP contribution is -2.44. The number of likely N-dealkylation sites (tertiary alicyclic amines) is 1. The van der Waals surface area contributed by atoms with Crippen LogP contribution in [0, 0.1) is 12.8 Å². The maximum atomic E-state index is 12.4. The van der Waals surface area contributed by atoms with E-state index in [2.05, 4.69) is 20.4 Å². The zero-order chi connectivity index (χ0) is 15.4. The third-order valence-corrected chi connectivity index (χ3v) is 4.84. The summed E-state index contributed by atoms with van der Waals surface area (Å²) in [7, 11) is 0. The van der Waals surface area contributed by atoms with E-state index in [-0.39, 0.29) is 11.8 Å². The number of carbonyl (C=O) groups excluding carboxylic acids is 1. The van der Waals surface area contributed by atoms with Gasteiger partial charge >= 0.3 is 0 Å². The molecule has 1 amide bonds. The van der Waals surface area contributed by atoms with Gasteiger partial charge in [-0.15, -0.1) is 0 Å². The SMILES string of the molecule is Cc1noc(CN2CCC(C(=O)NC3CCCCC3)CC2)n1. The zero-order valence-electron chi connectivity index (χ0n) is 13.4. The molecule has 0 unspecified atom stereocenters. The van der Waals surface area contributed by atoms with Gasteiger partial charge in [0.15, 0.2) is 5.82 Å². The van der Waals surface area contributed by atoms with Crippen molar-refractivity contribution in [2.45, 2.75) is 64.5 Å². The summed E-state index contributed by atoms with van der Waals surface area (Å²) in [6, 6.07) is 0.417. The van der Waals surface area contributed by atoms with Crippen molar-refractivity contribution < 1.29 is 9.32 Å². The lowest BCUT2D eigenvalue weighted by molar-refractivity contribution is -0.127. The predicted octanol–water partition coefficient (Wildman–Crippen LogP) is 2.04. The first-order valence-electron chi connectivity index (χ1n) is 8.52. The molecular formula is C16H26N4O2. The molecule has 0 radical (unpaired) electrons. The number of aryl methyl sites for hydroxylation is 1. The maximum absolute atomic E-state index is 12.4. The molecule has 1 aliphatic heterocycles. The monoisotopic (exact) mass is 306 g/mol. The number of nitrogens with one attached hydrogen (secondary N) is 1. The molecule has 3 rings (SSSR count). The van der Waals surface area contributed by atoms with E-state index in [1.165, 1.54) is 19.3 Å². The molecule has 0 aromatic carbocycles. The van der Waals surface area contributed by atoms with Crippen LogP contribution in [0.4, 0.5) is 0 Å². The number of nitrogens with zero attached hydrogens (tertiary/aromatic N) is 3. The molecule has 2 fully saturated rings.